The molecule has 1 aliphatic heterocycles. The molecule has 1 amide bonds. The molecule has 0 unspecified atom stereocenters. The lowest BCUT2D eigenvalue weighted by molar-refractivity contribution is -0.121. The lowest BCUT2D eigenvalue weighted by Gasteiger charge is -2.13. The molecule has 1 fully saturated rings. The Balaban J connectivity index is 2.41. The van der Waals surface area contributed by atoms with E-state index in [4.69, 9.17) is 26.4 Å². The third-order valence-electron chi connectivity index (χ3n) is 3.17. The van der Waals surface area contributed by atoms with Crippen molar-refractivity contribution in [3.8, 4) is 17.2 Å². The van der Waals surface area contributed by atoms with Crippen molar-refractivity contribution in [2.24, 2.45) is 0 Å². The van der Waals surface area contributed by atoms with E-state index >= 15 is 0 Å². The number of thioether (sulfide) groups is 1. The molecule has 0 atom stereocenters. The predicted molar refractivity (Wildman–Crippen MR) is 96.2 cm³/mol. The minimum Gasteiger partial charge on any atom is -0.493 e. The first kappa shape index (κ1) is 17.4. The summed E-state index contributed by atoms with van der Waals surface area (Å²) in [7, 11) is 4.63. The van der Waals surface area contributed by atoms with E-state index in [1.54, 1.807) is 45.6 Å². The molecule has 0 aliphatic carbocycles. The van der Waals surface area contributed by atoms with Gasteiger partial charge in [0.15, 0.2) is 11.5 Å². The number of nitrogens with zero attached hydrogens (tertiary/aromatic N) is 1. The molecule has 1 aromatic rings. The van der Waals surface area contributed by atoms with Crippen molar-refractivity contribution in [1.82, 2.24) is 4.90 Å². The molecule has 0 saturated carbocycles. The number of hydrogen-bond acceptors (Lipinski definition) is 6. The highest BCUT2D eigenvalue weighted by Gasteiger charge is 2.31. The van der Waals surface area contributed by atoms with Gasteiger partial charge in [0.05, 0.1) is 26.2 Å². The van der Waals surface area contributed by atoms with Crippen LogP contribution in [0, 0.1) is 0 Å². The molecule has 0 radical (unpaired) electrons. The van der Waals surface area contributed by atoms with Crippen LogP contribution in [-0.4, -0.2) is 43.0 Å². The van der Waals surface area contributed by atoms with E-state index in [0.29, 0.717) is 33.0 Å². The normalized spacial score (nSPS) is 16.0. The maximum absolute atomic E-state index is 12.4. The van der Waals surface area contributed by atoms with E-state index in [1.807, 2.05) is 0 Å². The predicted octanol–water partition coefficient (Wildman–Crippen LogP) is 3.10. The van der Waals surface area contributed by atoms with Gasteiger partial charge in [-0.3, -0.25) is 9.69 Å². The SMILES string of the molecule is C=CCN1C(=O)C(=Cc2cc(OC)c(OC)c(OC)c2)SC1=S. The second kappa shape index (κ2) is 7.52. The Morgan fingerprint density at radius 3 is 2.30 bits per heavy atom. The zero-order valence-corrected chi connectivity index (χ0v) is 14.8. The second-order valence-corrected chi connectivity index (χ2v) is 6.22. The molecule has 1 heterocycles. The van der Waals surface area contributed by atoms with Gasteiger partial charge in [0.25, 0.3) is 5.91 Å². The van der Waals surface area contributed by atoms with Crippen LogP contribution in [0.1, 0.15) is 5.56 Å². The summed E-state index contributed by atoms with van der Waals surface area (Å²) in [6, 6.07) is 3.56. The van der Waals surface area contributed by atoms with Crippen LogP contribution >= 0.6 is 24.0 Å². The molecule has 1 aromatic carbocycles. The summed E-state index contributed by atoms with van der Waals surface area (Å²) in [5.41, 5.74) is 0.763. The van der Waals surface area contributed by atoms with Crippen molar-refractivity contribution in [2.45, 2.75) is 0 Å². The lowest BCUT2D eigenvalue weighted by Crippen LogP contribution is -2.27. The van der Waals surface area contributed by atoms with Crippen molar-refractivity contribution >= 4 is 40.3 Å². The summed E-state index contributed by atoms with van der Waals surface area (Å²) in [4.78, 5) is 14.4. The van der Waals surface area contributed by atoms with Gasteiger partial charge < -0.3 is 14.2 Å². The Morgan fingerprint density at radius 1 is 1.22 bits per heavy atom. The van der Waals surface area contributed by atoms with Crippen molar-refractivity contribution < 1.29 is 19.0 Å². The zero-order chi connectivity index (χ0) is 17.0. The molecule has 2 rings (SSSR count). The molecule has 0 bridgehead atoms. The number of thiocarbonyl (C=S) groups is 1. The third kappa shape index (κ3) is 3.51. The van der Waals surface area contributed by atoms with Crippen LogP contribution in [0.3, 0.4) is 0 Å². The van der Waals surface area contributed by atoms with Crippen LogP contribution in [0.25, 0.3) is 6.08 Å². The molecule has 0 aromatic heterocycles. The highest BCUT2D eigenvalue weighted by atomic mass is 32.2. The van der Waals surface area contributed by atoms with Crippen LogP contribution in [0.2, 0.25) is 0 Å². The van der Waals surface area contributed by atoms with Crippen LogP contribution in [-0.2, 0) is 4.79 Å². The van der Waals surface area contributed by atoms with E-state index in [1.165, 1.54) is 16.7 Å². The quantitative estimate of drug-likeness (QED) is 0.446. The van der Waals surface area contributed by atoms with Gasteiger partial charge in [0.1, 0.15) is 4.32 Å². The van der Waals surface area contributed by atoms with Crippen molar-refractivity contribution in [3.05, 3.63) is 35.3 Å². The molecule has 122 valence electrons. The number of carbonyl (C=O) groups is 1. The van der Waals surface area contributed by atoms with Gasteiger partial charge in [-0.15, -0.1) is 6.58 Å². The standard InChI is InChI=1S/C16H17NO4S2/c1-5-6-17-15(18)13(23-16(17)22)9-10-7-11(19-2)14(21-4)12(8-10)20-3/h5,7-9H,1,6H2,2-4H3. The highest BCUT2D eigenvalue weighted by Crippen LogP contribution is 2.40. The fourth-order valence-electron chi connectivity index (χ4n) is 2.12. The fraction of sp³-hybridized carbons (Fsp3) is 0.250. The Kier molecular flexibility index (Phi) is 5.68. The van der Waals surface area contributed by atoms with Gasteiger partial charge in [-0.2, -0.15) is 0 Å². The van der Waals surface area contributed by atoms with Gasteiger partial charge in [0, 0.05) is 6.54 Å². The van der Waals surface area contributed by atoms with Crippen LogP contribution in [0.15, 0.2) is 29.7 Å². The van der Waals surface area contributed by atoms with Gasteiger partial charge in [-0.1, -0.05) is 30.1 Å². The van der Waals surface area contributed by atoms with E-state index in [9.17, 15) is 4.79 Å². The third-order valence-corrected chi connectivity index (χ3v) is 4.55. The first-order valence-corrected chi connectivity index (χ1v) is 7.94. The molecule has 23 heavy (non-hydrogen) atoms. The zero-order valence-electron chi connectivity index (χ0n) is 13.1. The number of methoxy groups -OCH3 is 3. The topological polar surface area (TPSA) is 48.0 Å². The van der Waals surface area contributed by atoms with Crippen LogP contribution < -0.4 is 14.2 Å². The van der Waals surface area contributed by atoms with Crippen molar-refractivity contribution in [1.29, 1.82) is 0 Å². The van der Waals surface area contributed by atoms with Crippen molar-refractivity contribution in [2.75, 3.05) is 27.9 Å². The largest absolute Gasteiger partial charge is 0.493 e. The summed E-state index contributed by atoms with van der Waals surface area (Å²) in [6.45, 7) is 4.04. The number of ether oxygens (including phenoxy) is 3. The Morgan fingerprint density at radius 2 is 1.83 bits per heavy atom. The molecule has 0 N–H and O–H groups in total. The number of rotatable bonds is 6. The summed E-state index contributed by atoms with van der Waals surface area (Å²) in [5, 5.41) is 0. The minimum absolute atomic E-state index is 0.131. The van der Waals surface area contributed by atoms with Gasteiger partial charge in [-0.05, 0) is 23.8 Å². The molecular formula is C16H17NO4S2. The highest BCUT2D eigenvalue weighted by molar-refractivity contribution is 8.26. The second-order valence-electron chi connectivity index (χ2n) is 4.54. The molecule has 5 nitrogen and oxygen atoms in total. The molecule has 1 saturated heterocycles. The first-order chi connectivity index (χ1) is 11.0. The monoisotopic (exact) mass is 351 g/mol. The number of carbonyl (C=O) groups excluding carboxylic acids is 1. The van der Waals surface area contributed by atoms with Crippen LogP contribution in [0.4, 0.5) is 0 Å². The maximum Gasteiger partial charge on any atom is 0.266 e. The summed E-state index contributed by atoms with van der Waals surface area (Å²) in [5.74, 6) is 1.43. The average Bonchev–Trinajstić information content (AvgIpc) is 2.81. The molecule has 7 heteroatoms. The molecule has 1 aliphatic rings. The van der Waals surface area contributed by atoms with E-state index < -0.39 is 0 Å². The van der Waals surface area contributed by atoms with Crippen LogP contribution in [0.5, 0.6) is 17.2 Å². The lowest BCUT2D eigenvalue weighted by atomic mass is 10.1. The van der Waals surface area contributed by atoms with Gasteiger partial charge >= 0.3 is 0 Å². The number of amides is 1. The molecular weight excluding hydrogens is 334 g/mol. The average molecular weight is 351 g/mol. The number of hydrogen-bond donors (Lipinski definition) is 0. The fourth-order valence-corrected chi connectivity index (χ4v) is 3.40. The smallest absolute Gasteiger partial charge is 0.266 e. The number of benzene rings is 1. The maximum atomic E-state index is 12.4. The first-order valence-electron chi connectivity index (χ1n) is 6.72. The van der Waals surface area contributed by atoms with Crippen molar-refractivity contribution in [3.63, 3.8) is 0 Å². The Hall–Kier alpha value is -1.99. The summed E-state index contributed by atoms with van der Waals surface area (Å²) < 4.78 is 16.4. The van der Waals surface area contributed by atoms with E-state index in [0.717, 1.165) is 5.56 Å². The minimum atomic E-state index is -0.131. The van der Waals surface area contributed by atoms with E-state index in [2.05, 4.69) is 6.58 Å². The molecule has 0 spiro atoms. The Bertz CT molecular complexity index is 660. The summed E-state index contributed by atoms with van der Waals surface area (Å²) in [6.07, 6.45) is 3.40. The Labute approximate surface area is 144 Å². The summed E-state index contributed by atoms with van der Waals surface area (Å²) >= 11 is 6.48. The van der Waals surface area contributed by atoms with Gasteiger partial charge in [-0.25, -0.2) is 0 Å². The van der Waals surface area contributed by atoms with Gasteiger partial charge in [0.2, 0.25) is 5.75 Å². The van der Waals surface area contributed by atoms with E-state index in [-0.39, 0.29) is 5.91 Å².